The van der Waals surface area contributed by atoms with Crippen LogP contribution in [0.15, 0.2) is 0 Å². The minimum absolute atomic E-state index is 0.216. The summed E-state index contributed by atoms with van der Waals surface area (Å²) in [6.45, 7) is 11.1. The minimum Gasteiger partial charge on any atom is -0.449 e. The first-order valence-corrected chi connectivity index (χ1v) is 6.40. The average molecular weight is 230 g/mol. The highest BCUT2D eigenvalue weighted by molar-refractivity contribution is 5.66. The Morgan fingerprint density at radius 1 is 0.938 bits per heavy atom. The van der Waals surface area contributed by atoms with Gasteiger partial charge in [-0.1, -0.05) is 20.8 Å². The molecule has 4 nitrogen and oxygen atoms in total. The molecule has 0 aromatic rings. The molecule has 0 aromatic carbocycles. The van der Waals surface area contributed by atoms with Crippen LogP contribution < -0.4 is 0 Å². The molecule has 0 heterocycles. The highest BCUT2D eigenvalue weighted by atomic mass is 16.6. The first-order valence-electron chi connectivity index (χ1n) is 6.40. The molecule has 0 radical (unpaired) electrons. The molecule has 16 heavy (non-hydrogen) atoms. The molecule has 0 unspecified atom stereocenters. The molecule has 0 aliphatic heterocycles. The molecule has 1 amide bonds. The summed E-state index contributed by atoms with van der Waals surface area (Å²) in [7, 11) is 0. The predicted octanol–water partition coefficient (Wildman–Crippen LogP) is 2.89. The summed E-state index contributed by atoms with van der Waals surface area (Å²) in [5.41, 5.74) is 0. The van der Waals surface area contributed by atoms with E-state index in [9.17, 15) is 4.79 Å². The highest BCUT2D eigenvalue weighted by Gasteiger charge is 2.20. The van der Waals surface area contributed by atoms with E-state index in [1.807, 2.05) is 6.92 Å². The lowest BCUT2D eigenvalue weighted by atomic mass is 10.4. The smallest absolute Gasteiger partial charge is 0.424 e. The summed E-state index contributed by atoms with van der Waals surface area (Å²) in [6, 6.07) is 0. The van der Waals surface area contributed by atoms with Crippen LogP contribution in [0.2, 0.25) is 0 Å². The van der Waals surface area contributed by atoms with E-state index in [2.05, 4.69) is 25.8 Å². The van der Waals surface area contributed by atoms with E-state index in [1.165, 1.54) is 0 Å². The van der Waals surface area contributed by atoms with Crippen molar-refractivity contribution >= 4 is 6.09 Å². The van der Waals surface area contributed by atoms with Gasteiger partial charge in [-0.15, -0.1) is 0 Å². The lowest BCUT2D eigenvalue weighted by Gasteiger charge is -2.33. The minimum atomic E-state index is -0.216. The Hall–Kier alpha value is -0.770. The van der Waals surface area contributed by atoms with Crippen LogP contribution in [0, 0.1) is 0 Å². The Bertz CT molecular complexity index is 180. The third kappa shape index (κ3) is 5.35. The summed E-state index contributed by atoms with van der Waals surface area (Å²) in [5.74, 6) is 0. The molecule has 0 saturated carbocycles. The van der Waals surface area contributed by atoms with Gasteiger partial charge in [0, 0.05) is 19.6 Å². The lowest BCUT2D eigenvalue weighted by Crippen LogP contribution is -2.47. The Morgan fingerprint density at radius 2 is 1.44 bits per heavy atom. The van der Waals surface area contributed by atoms with Crippen LogP contribution in [0.25, 0.3) is 0 Å². The van der Waals surface area contributed by atoms with Crippen LogP contribution in [-0.2, 0) is 4.74 Å². The molecule has 0 bridgehead atoms. The van der Waals surface area contributed by atoms with E-state index in [0.717, 1.165) is 38.9 Å². The molecular weight excluding hydrogens is 204 g/mol. The normalized spacial score (nSPS) is 10.6. The summed E-state index contributed by atoms with van der Waals surface area (Å²) in [4.78, 5) is 11.8. The van der Waals surface area contributed by atoms with E-state index in [0.29, 0.717) is 6.61 Å². The van der Waals surface area contributed by atoms with Crippen LogP contribution >= 0.6 is 0 Å². The average Bonchev–Trinajstić information content (AvgIpc) is 2.26. The summed E-state index contributed by atoms with van der Waals surface area (Å²) < 4.78 is 5.08. The quantitative estimate of drug-likeness (QED) is 0.601. The van der Waals surface area contributed by atoms with E-state index >= 15 is 0 Å². The maximum Gasteiger partial charge on any atom is 0.424 e. The molecule has 0 spiro atoms. The molecule has 4 heteroatoms. The van der Waals surface area contributed by atoms with Crippen molar-refractivity contribution in [1.82, 2.24) is 10.0 Å². The standard InChI is InChI=1S/C12H26N2O2/c1-5-9-13(10-6-2)14(11-7-3)12(15)16-8-4/h5-11H2,1-4H3. The van der Waals surface area contributed by atoms with Crippen LogP contribution in [0.3, 0.4) is 0 Å². The fourth-order valence-corrected chi connectivity index (χ4v) is 1.63. The largest absolute Gasteiger partial charge is 0.449 e. The van der Waals surface area contributed by atoms with E-state index < -0.39 is 0 Å². The maximum absolute atomic E-state index is 11.8. The van der Waals surface area contributed by atoms with Crippen molar-refractivity contribution in [3.8, 4) is 0 Å². The third-order valence-electron chi connectivity index (χ3n) is 2.22. The second-order valence-corrected chi connectivity index (χ2v) is 3.78. The van der Waals surface area contributed by atoms with Crippen LogP contribution in [0.4, 0.5) is 4.79 Å². The summed E-state index contributed by atoms with van der Waals surface area (Å²) >= 11 is 0. The second-order valence-electron chi connectivity index (χ2n) is 3.78. The molecule has 0 aliphatic carbocycles. The van der Waals surface area contributed by atoms with Crippen molar-refractivity contribution in [2.45, 2.75) is 47.0 Å². The van der Waals surface area contributed by atoms with Gasteiger partial charge in [0.2, 0.25) is 0 Å². The van der Waals surface area contributed by atoms with Crippen molar-refractivity contribution in [1.29, 1.82) is 0 Å². The Kier molecular flexibility index (Phi) is 9.00. The van der Waals surface area contributed by atoms with E-state index in [1.54, 1.807) is 5.01 Å². The molecule has 0 atom stereocenters. The van der Waals surface area contributed by atoms with Crippen molar-refractivity contribution in [3.63, 3.8) is 0 Å². The van der Waals surface area contributed by atoms with Gasteiger partial charge in [-0.3, -0.25) is 0 Å². The highest BCUT2D eigenvalue weighted by Crippen LogP contribution is 2.05. The molecule has 0 N–H and O–H groups in total. The van der Waals surface area contributed by atoms with Gasteiger partial charge in [0.25, 0.3) is 0 Å². The van der Waals surface area contributed by atoms with Crippen molar-refractivity contribution in [2.24, 2.45) is 0 Å². The van der Waals surface area contributed by atoms with Gasteiger partial charge in [-0.25, -0.2) is 14.8 Å². The number of carbonyl (C=O) groups is 1. The zero-order chi connectivity index (χ0) is 12.4. The topological polar surface area (TPSA) is 32.8 Å². The fourth-order valence-electron chi connectivity index (χ4n) is 1.63. The van der Waals surface area contributed by atoms with E-state index in [-0.39, 0.29) is 6.09 Å². The van der Waals surface area contributed by atoms with Gasteiger partial charge in [-0.2, -0.15) is 0 Å². The Labute approximate surface area is 99.5 Å². The number of ether oxygens (including phenoxy) is 1. The Balaban J connectivity index is 4.47. The van der Waals surface area contributed by atoms with Crippen molar-refractivity contribution in [2.75, 3.05) is 26.2 Å². The first kappa shape index (κ1) is 15.2. The van der Waals surface area contributed by atoms with Crippen molar-refractivity contribution < 1.29 is 9.53 Å². The summed E-state index contributed by atoms with van der Waals surface area (Å²) in [5, 5.41) is 3.85. The molecule has 0 saturated heterocycles. The Morgan fingerprint density at radius 3 is 1.81 bits per heavy atom. The molecule has 0 aromatic heterocycles. The molecular formula is C12H26N2O2. The molecule has 96 valence electrons. The summed E-state index contributed by atoms with van der Waals surface area (Å²) in [6.07, 6.45) is 2.81. The van der Waals surface area contributed by atoms with Gasteiger partial charge >= 0.3 is 6.09 Å². The van der Waals surface area contributed by atoms with Gasteiger partial charge < -0.3 is 4.74 Å². The second kappa shape index (κ2) is 9.46. The van der Waals surface area contributed by atoms with Crippen LogP contribution in [0.1, 0.15) is 47.0 Å². The van der Waals surface area contributed by atoms with Gasteiger partial charge in [0.1, 0.15) is 0 Å². The SMILES string of the molecule is CCCN(CCC)N(CCC)C(=O)OCC. The number of hydrogen-bond donors (Lipinski definition) is 0. The zero-order valence-corrected chi connectivity index (χ0v) is 11.2. The molecule has 0 fully saturated rings. The van der Waals surface area contributed by atoms with Crippen LogP contribution in [0.5, 0.6) is 0 Å². The predicted molar refractivity (Wildman–Crippen MR) is 66.2 cm³/mol. The number of carbonyl (C=O) groups excluding carboxylic acids is 1. The zero-order valence-electron chi connectivity index (χ0n) is 11.2. The van der Waals surface area contributed by atoms with E-state index in [4.69, 9.17) is 4.74 Å². The first-order chi connectivity index (χ1) is 7.71. The van der Waals surface area contributed by atoms with Gasteiger partial charge in [-0.05, 0) is 26.2 Å². The van der Waals surface area contributed by atoms with Gasteiger partial charge in [0.15, 0.2) is 0 Å². The number of nitrogens with zero attached hydrogens (tertiary/aromatic N) is 2. The fraction of sp³-hybridized carbons (Fsp3) is 0.917. The maximum atomic E-state index is 11.8. The number of rotatable bonds is 8. The van der Waals surface area contributed by atoms with Crippen molar-refractivity contribution in [3.05, 3.63) is 0 Å². The number of hydrogen-bond acceptors (Lipinski definition) is 3. The molecule has 0 aliphatic rings. The monoisotopic (exact) mass is 230 g/mol. The third-order valence-corrected chi connectivity index (χ3v) is 2.22. The number of hydrazine groups is 1. The lowest BCUT2D eigenvalue weighted by molar-refractivity contribution is -0.0217. The van der Waals surface area contributed by atoms with Crippen LogP contribution in [-0.4, -0.2) is 42.4 Å². The molecule has 0 rings (SSSR count). The van der Waals surface area contributed by atoms with Gasteiger partial charge in [0.05, 0.1) is 6.61 Å². The number of amides is 1.